The van der Waals surface area contributed by atoms with Crippen molar-refractivity contribution < 1.29 is 28.7 Å². The lowest BCUT2D eigenvalue weighted by Gasteiger charge is -2.48. The zero-order valence-corrected chi connectivity index (χ0v) is 16.5. The smallest absolute Gasteiger partial charge is 0.354 e. The van der Waals surface area contributed by atoms with Crippen LogP contribution in [0.4, 0.5) is 10.5 Å². The highest BCUT2D eigenvalue weighted by molar-refractivity contribution is 6.15. The number of benzene rings is 1. The van der Waals surface area contributed by atoms with Crippen LogP contribution in [0, 0.1) is 0 Å². The molecule has 10 nitrogen and oxygen atoms in total. The fraction of sp³-hybridized carbons (Fsp3) is 0.450. The number of nitrogens with one attached hydrogen (secondary N) is 2. The molecule has 2 N–H and O–H groups in total. The lowest BCUT2D eigenvalue weighted by Crippen LogP contribution is -2.69. The number of esters is 1. The van der Waals surface area contributed by atoms with Gasteiger partial charge in [-0.2, -0.15) is 0 Å². The van der Waals surface area contributed by atoms with Crippen molar-refractivity contribution >= 4 is 35.4 Å². The van der Waals surface area contributed by atoms with Crippen LogP contribution in [0.1, 0.15) is 43.0 Å². The molecule has 5 amide bonds. The minimum Gasteiger partial charge on any atom is -0.452 e. The van der Waals surface area contributed by atoms with Crippen LogP contribution in [0.25, 0.3) is 0 Å². The van der Waals surface area contributed by atoms with E-state index in [1.54, 1.807) is 31.2 Å². The number of urea groups is 1. The molecule has 1 atom stereocenters. The van der Waals surface area contributed by atoms with Crippen molar-refractivity contribution in [1.29, 1.82) is 0 Å². The normalized spacial score (nSPS) is 22.3. The zero-order valence-electron chi connectivity index (χ0n) is 16.5. The highest BCUT2D eigenvalue weighted by atomic mass is 16.5. The molecule has 0 aromatic heterocycles. The summed E-state index contributed by atoms with van der Waals surface area (Å²) in [6.45, 7) is 1.32. The van der Waals surface area contributed by atoms with Gasteiger partial charge in [0.25, 0.3) is 11.8 Å². The predicted octanol–water partition coefficient (Wildman–Crippen LogP) is 0.517. The molecule has 4 rings (SSSR count). The van der Waals surface area contributed by atoms with Crippen molar-refractivity contribution in [3.8, 4) is 0 Å². The van der Waals surface area contributed by atoms with Gasteiger partial charge in [0.2, 0.25) is 11.6 Å². The Morgan fingerprint density at radius 3 is 2.63 bits per heavy atom. The van der Waals surface area contributed by atoms with Gasteiger partial charge >= 0.3 is 12.0 Å². The molecule has 2 fully saturated rings. The molecular weight excluding hydrogens is 392 g/mol. The topological polar surface area (TPSA) is 125 Å². The largest absolute Gasteiger partial charge is 0.452 e. The number of ether oxygens (including phenoxy) is 1. The van der Waals surface area contributed by atoms with Crippen LogP contribution in [0.2, 0.25) is 0 Å². The zero-order chi connectivity index (χ0) is 21.5. The van der Waals surface area contributed by atoms with E-state index in [4.69, 9.17) is 4.74 Å². The van der Waals surface area contributed by atoms with Gasteiger partial charge in [0.1, 0.15) is 0 Å². The Kier molecular flexibility index (Phi) is 4.92. The molecule has 1 saturated carbocycles. The number of amides is 5. The van der Waals surface area contributed by atoms with E-state index in [1.807, 2.05) is 5.32 Å². The Labute approximate surface area is 172 Å². The van der Waals surface area contributed by atoms with Gasteiger partial charge in [-0.25, -0.2) is 9.59 Å². The fourth-order valence-corrected chi connectivity index (χ4v) is 4.13. The summed E-state index contributed by atoms with van der Waals surface area (Å²) in [5, 5.41) is 4.45. The third-order valence-corrected chi connectivity index (χ3v) is 5.46. The average molecular weight is 414 g/mol. The Hall–Kier alpha value is -3.43. The van der Waals surface area contributed by atoms with Crippen LogP contribution < -0.4 is 15.5 Å². The van der Waals surface area contributed by atoms with E-state index in [2.05, 4.69) is 5.32 Å². The van der Waals surface area contributed by atoms with E-state index in [-0.39, 0.29) is 30.7 Å². The first-order chi connectivity index (χ1) is 14.4. The maximum Gasteiger partial charge on any atom is 0.354 e. The molecule has 1 aliphatic carbocycles. The number of carbonyl (C=O) groups is 5. The molecule has 0 radical (unpaired) electrons. The quantitative estimate of drug-likeness (QED) is 0.677. The molecule has 0 spiro atoms. The van der Waals surface area contributed by atoms with Gasteiger partial charge in [0.15, 0.2) is 6.61 Å². The number of rotatable bonds is 5. The molecule has 0 bridgehead atoms. The second kappa shape index (κ2) is 7.43. The lowest BCUT2D eigenvalue weighted by molar-refractivity contribution is -0.160. The van der Waals surface area contributed by atoms with Crippen molar-refractivity contribution in [3.05, 3.63) is 29.8 Å². The summed E-state index contributed by atoms with van der Waals surface area (Å²) in [6.07, 6.45) is 1.61. The molecule has 158 valence electrons. The fourth-order valence-electron chi connectivity index (χ4n) is 4.13. The van der Waals surface area contributed by atoms with Crippen molar-refractivity contribution in [2.24, 2.45) is 0 Å². The van der Waals surface area contributed by atoms with Crippen molar-refractivity contribution in [3.63, 3.8) is 0 Å². The third-order valence-electron chi connectivity index (χ3n) is 5.46. The second-order valence-electron chi connectivity index (χ2n) is 7.45. The van der Waals surface area contributed by atoms with Crippen LogP contribution in [0.3, 0.4) is 0 Å². The highest BCUT2D eigenvalue weighted by Crippen LogP contribution is 2.49. The van der Waals surface area contributed by atoms with E-state index >= 15 is 0 Å². The van der Waals surface area contributed by atoms with Crippen molar-refractivity contribution in [2.45, 2.75) is 44.3 Å². The number of imide groups is 1. The lowest BCUT2D eigenvalue weighted by atomic mass is 9.96. The van der Waals surface area contributed by atoms with Gasteiger partial charge in [-0.05, 0) is 31.9 Å². The van der Waals surface area contributed by atoms with Crippen LogP contribution in [-0.4, -0.2) is 59.5 Å². The van der Waals surface area contributed by atoms with Crippen LogP contribution >= 0.6 is 0 Å². The van der Waals surface area contributed by atoms with Gasteiger partial charge in [0.05, 0.1) is 11.3 Å². The standard InChI is InChI=1S/C20H22N4O6/c1-2-21-19(29)22-15(25)11-30-18(28)20-10-9-16(26)24(20)14-6-4-3-5-13(14)17(27)23(20)12-7-8-12/h3-6,12H,2,7-11H2,1H3,(H2,21,22,25,29)/t20-/m1/s1. The molecule has 3 aliphatic rings. The van der Waals surface area contributed by atoms with Crippen molar-refractivity contribution in [1.82, 2.24) is 15.5 Å². The maximum atomic E-state index is 13.3. The van der Waals surface area contributed by atoms with Gasteiger partial charge in [0, 0.05) is 25.4 Å². The molecule has 1 aromatic rings. The number of nitrogens with zero attached hydrogens (tertiary/aromatic N) is 2. The van der Waals surface area contributed by atoms with Gasteiger partial charge in [-0.1, -0.05) is 12.1 Å². The number of para-hydroxylation sites is 1. The minimum atomic E-state index is -1.62. The highest BCUT2D eigenvalue weighted by Gasteiger charge is 2.64. The molecule has 2 aliphatic heterocycles. The molecule has 2 heterocycles. The number of fused-ring (bicyclic) bond motifs is 3. The first-order valence-corrected chi connectivity index (χ1v) is 9.90. The van der Waals surface area contributed by atoms with Gasteiger partial charge < -0.3 is 15.0 Å². The van der Waals surface area contributed by atoms with Crippen LogP contribution in [0.5, 0.6) is 0 Å². The predicted molar refractivity (Wildman–Crippen MR) is 103 cm³/mol. The van der Waals surface area contributed by atoms with Crippen LogP contribution in [0.15, 0.2) is 24.3 Å². The molecular formula is C20H22N4O6. The number of carbonyl (C=O) groups excluding carboxylic acids is 5. The molecule has 1 aromatic carbocycles. The van der Waals surface area contributed by atoms with E-state index in [0.717, 1.165) is 12.8 Å². The minimum absolute atomic E-state index is 0.0744. The first kappa shape index (κ1) is 19.9. The third kappa shape index (κ3) is 3.08. The first-order valence-electron chi connectivity index (χ1n) is 9.90. The molecule has 1 saturated heterocycles. The second-order valence-corrected chi connectivity index (χ2v) is 7.45. The Morgan fingerprint density at radius 1 is 1.20 bits per heavy atom. The van der Waals surface area contributed by atoms with Gasteiger partial charge in [-0.3, -0.25) is 24.6 Å². The summed E-state index contributed by atoms with van der Waals surface area (Å²) in [5.41, 5.74) is -0.891. The number of anilines is 1. The Bertz CT molecular complexity index is 943. The molecule has 30 heavy (non-hydrogen) atoms. The summed E-state index contributed by atoms with van der Waals surface area (Å²) in [5.74, 6) is -2.27. The van der Waals surface area contributed by atoms with Crippen LogP contribution in [-0.2, 0) is 19.1 Å². The van der Waals surface area contributed by atoms with E-state index < -0.39 is 30.2 Å². The molecule has 10 heteroatoms. The average Bonchev–Trinajstić information content (AvgIpc) is 3.49. The monoisotopic (exact) mass is 414 g/mol. The maximum absolute atomic E-state index is 13.3. The van der Waals surface area contributed by atoms with E-state index in [9.17, 15) is 24.0 Å². The van der Waals surface area contributed by atoms with E-state index in [1.165, 1.54) is 9.80 Å². The summed E-state index contributed by atoms with van der Waals surface area (Å²) in [4.78, 5) is 65.5. The summed E-state index contributed by atoms with van der Waals surface area (Å²) in [6, 6.07) is 5.80. The van der Waals surface area contributed by atoms with Crippen molar-refractivity contribution in [2.75, 3.05) is 18.1 Å². The Morgan fingerprint density at radius 2 is 1.93 bits per heavy atom. The van der Waals surface area contributed by atoms with Gasteiger partial charge in [-0.15, -0.1) is 0 Å². The number of hydrogen-bond acceptors (Lipinski definition) is 6. The molecule has 0 unspecified atom stereocenters. The summed E-state index contributed by atoms with van der Waals surface area (Å²) < 4.78 is 5.23. The SMILES string of the molecule is CCNC(=O)NC(=O)COC(=O)[C@@]12CCC(=O)N1c1ccccc1C(=O)N2C1CC1. The number of hydrogen-bond donors (Lipinski definition) is 2. The Balaban J connectivity index is 1.63. The summed E-state index contributed by atoms with van der Waals surface area (Å²) >= 11 is 0. The summed E-state index contributed by atoms with van der Waals surface area (Å²) in [7, 11) is 0. The van der Waals surface area contributed by atoms with E-state index in [0.29, 0.717) is 17.8 Å².